The molecule has 39 heavy (non-hydrogen) atoms. The zero-order valence-electron chi connectivity index (χ0n) is 23.5. The minimum absolute atomic E-state index is 0.0112. The molecule has 9 heteroatoms. The number of rotatable bonds is 12. The quantitative estimate of drug-likeness (QED) is 0.324. The van der Waals surface area contributed by atoms with Crippen molar-refractivity contribution in [1.82, 2.24) is 9.80 Å². The minimum atomic E-state index is -1.14. The summed E-state index contributed by atoms with van der Waals surface area (Å²) in [6.45, 7) is 12.4. The van der Waals surface area contributed by atoms with E-state index in [1.54, 1.807) is 65.3 Å². The molecule has 1 aromatic carbocycles. The first-order valence-corrected chi connectivity index (χ1v) is 13.6. The lowest BCUT2D eigenvalue weighted by molar-refractivity contribution is -0.150. The zero-order chi connectivity index (χ0) is 28.5. The smallest absolute Gasteiger partial charge is 0.253 e. The molecule has 6 atom stereocenters. The lowest BCUT2D eigenvalue weighted by Gasteiger charge is -2.38. The molecule has 3 aliphatic rings. The van der Waals surface area contributed by atoms with Crippen molar-refractivity contribution in [1.29, 1.82) is 0 Å². The monoisotopic (exact) mass is 539 g/mol. The summed E-state index contributed by atoms with van der Waals surface area (Å²) in [6, 6.07) is 6.25. The van der Waals surface area contributed by atoms with Crippen LogP contribution in [0.15, 0.2) is 49.6 Å². The van der Waals surface area contributed by atoms with Gasteiger partial charge in [0.25, 0.3) is 5.91 Å². The Morgan fingerprint density at radius 1 is 1.18 bits per heavy atom. The number of anilines is 1. The van der Waals surface area contributed by atoms with E-state index in [1.807, 2.05) is 13.8 Å². The molecule has 0 saturated carbocycles. The lowest BCUT2D eigenvalue weighted by Crippen LogP contribution is -2.57. The van der Waals surface area contributed by atoms with E-state index in [4.69, 9.17) is 9.47 Å². The summed E-state index contributed by atoms with van der Waals surface area (Å²) in [4.78, 5) is 47.3. The van der Waals surface area contributed by atoms with Crippen molar-refractivity contribution in [3.05, 3.63) is 49.6 Å². The molecule has 3 heterocycles. The van der Waals surface area contributed by atoms with Gasteiger partial charge in [0, 0.05) is 39.0 Å². The van der Waals surface area contributed by atoms with Gasteiger partial charge < -0.3 is 29.3 Å². The molecule has 0 aromatic heterocycles. The van der Waals surface area contributed by atoms with Crippen molar-refractivity contribution in [3.8, 4) is 5.75 Å². The summed E-state index contributed by atoms with van der Waals surface area (Å²) < 4.78 is 12.1. The van der Waals surface area contributed by atoms with E-state index in [-0.39, 0.29) is 43.3 Å². The van der Waals surface area contributed by atoms with E-state index >= 15 is 0 Å². The highest BCUT2D eigenvalue weighted by Gasteiger charge is 2.80. The molecule has 3 saturated heterocycles. The van der Waals surface area contributed by atoms with Crippen LogP contribution in [0.5, 0.6) is 5.75 Å². The van der Waals surface area contributed by atoms with Gasteiger partial charge in [-0.3, -0.25) is 14.4 Å². The number of likely N-dealkylation sites (N-methyl/N-ethyl adjacent to an activating group) is 1. The van der Waals surface area contributed by atoms with E-state index in [9.17, 15) is 19.5 Å². The first-order chi connectivity index (χ1) is 18.6. The zero-order valence-corrected chi connectivity index (χ0v) is 23.5. The topological polar surface area (TPSA) is 99.6 Å². The van der Waals surface area contributed by atoms with Crippen molar-refractivity contribution in [2.75, 3.05) is 45.3 Å². The van der Waals surface area contributed by atoms with Gasteiger partial charge in [0.1, 0.15) is 17.4 Å². The highest BCUT2D eigenvalue weighted by Crippen LogP contribution is 2.65. The number of aliphatic hydroxyl groups excluding tert-OH is 1. The molecule has 4 rings (SSSR count). The number of hydrogen-bond donors (Lipinski definition) is 1. The molecule has 212 valence electrons. The minimum Gasteiger partial charge on any atom is -0.497 e. The molecule has 0 radical (unpaired) electrons. The number of unbranched alkanes of at least 4 members (excludes halogenated alkanes) is 1. The standard InChI is InChI=1S/C30H41N3O6/c1-7-15-31(5)26(35)23-24-27(36)33(17-9-10-18-34)25(30(24)19-20(3)29(23,4)39-30)28(37)32(16-8-2)21-11-13-22(38-6)14-12-21/h7-8,11-14,20,23-25,34H,1-2,9-10,15-19H2,3-6H3/t20?,23-,24-,25?,29+,30?/m0/s1. The Morgan fingerprint density at radius 3 is 2.44 bits per heavy atom. The van der Waals surface area contributed by atoms with Gasteiger partial charge in [-0.05, 0) is 56.4 Å². The largest absolute Gasteiger partial charge is 0.497 e. The third kappa shape index (κ3) is 4.55. The van der Waals surface area contributed by atoms with E-state index in [0.29, 0.717) is 37.2 Å². The molecule has 1 aromatic rings. The second-order valence-corrected chi connectivity index (χ2v) is 11.1. The summed E-state index contributed by atoms with van der Waals surface area (Å²) in [5.74, 6) is -1.56. The Hall–Kier alpha value is -3.17. The van der Waals surface area contributed by atoms with Gasteiger partial charge in [0.2, 0.25) is 11.8 Å². The molecule has 0 aliphatic carbocycles. The number of benzene rings is 1. The Kier molecular flexibility index (Phi) is 8.23. The maximum atomic E-state index is 14.5. The van der Waals surface area contributed by atoms with Crippen LogP contribution in [0.3, 0.4) is 0 Å². The third-order valence-corrected chi connectivity index (χ3v) is 8.86. The third-order valence-electron chi connectivity index (χ3n) is 8.86. The SMILES string of the molecule is C=CCN(C)C(=O)[C@@H]1[C@H]2C(=O)N(CCCCO)C(C(=O)N(CC=C)c3ccc(OC)cc3)C23CC(C)[C@@]1(C)O3. The second kappa shape index (κ2) is 11.1. The van der Waals surface area contributed by atoms with Crippen LogP contribution in [0.1, 0.15) is 33.1 Å². The summed E-state index contributed by atoms with van der Waals surface area (Å²) >= 11 is 0. The molecule has 3 fully saturated rings. The van der Waals surface area contributed by atoms with Crippen LogP contribution < -0.4 is 9.64 Å². The van der Waals surface area contributed by atoms with E-state index < -0.39 is 29.1 Å². The molecule has 1 spiro atoms. The van der Waals surface area contributed by atoms with Crippen molar-refractivity contribution in [2.45, 2.75) is 50.4 Å². The summed E-state index contributed by atoms with van der Waals surface area (Å²) in [6.07, 6.45) is 4.82. The number of likely N-dealkylation sites (tertiary alicyclic amines) is 1. The van der Waals surface area contributed by atoms with E-state index in [1.165, 1.54) is 0 Å². The lowest BCUT2D eigenvalue weighted by atomic mass is 9.62. The van der Waals surface area contributed by atoms with Crippen molar-refractivity contribution in [3.63, 3.8) is 0 Å². The molecule has 2 bridgehead atoms. The number of hydrogen-bond acceptors (Lipinski definition) is 6. The van der Waals surface area contributed by atoms with E-state index in [0.717, 1.165) is 0 Å². The average molecular weight is 540 g/mol. The van der Waals surface area contributed by atoms with Gasteiger partial charge in [-0.15, -0.1) is 13.2 Å². The van der Waals surface area contributed by atoms with Crippen LogP contribution >= 0.6 is 0 Å². The van der Waals surface area contributed by atoms with E-state index in [2.05, 4.69) is 13.2 Å². The van der Waals surface area contributed by atoms with Crippen LogP contribution in [0.4, 0.5) is 5.69 Å². The summed E-state index contributed by atoms with van der Waals surface area (Å²) in [7, 11) is 3.28. The first kappa shape index (κ1) is 28.8. The predicted molar refractivity (Wildman–Crippen MR) is 148 cm³/mol. The average Bonchev–Trinajstić information content (AvgIpc) is 3.43. The fourth-order valence-electron chi connectivity index (χ4n) is 6.91. The number of ether oxygens (including phenoxy) is 2. The fraction of sp³-hybridized carbons (Fsp3) is 0.567. The van der Waals surface area contributed by atoms with Gasteiger partial charge in [-0.25, -0.2) is 0 Å². The van der Waals surface area contributed by atoms with Gasteiger partial charge in [0.15, 0.2) is 0 Å². The summed E-state index contributed by atoms with van der Waals surface area (Å²) in [5.41, 5.74) is -1.37. The summed E-state index contributed by atoms with van der Waals surface area (Å²) in [5, 5.41) is 9.41. The second-order valence-electron chi connectivity index (χ2n) is 11.1. The van der Waals surface area contributed by atoms with Crippen molar-refractivity contribution >= 4 is 23.4 Å². The predicted octanol–water partition coefficient (Wildman–Crippen LogP) is 2.64. The van der Waals surface area contributed by atoms with Gasteiger partial charge in [-0.2, -0.15) is 0 Å². The number of methoxy groups -OCH3 is 1. The van der Waals surface area contributed by atoms with Gasteiger partial charge in [0.05, 0.1) is 24.5 Å². The Morgan fingerprint density at radius 2 is 1.85 bits per heavy atom. The number of fused-ring (bicyclic) bond motifs is 1. The van der Waals surface area contributed by atoms with Crippen molar-refractivity contribution < 1.29 is 29.0 Å². The number of carbonyl (C=O) groups excluding carboxylic acids is 3. The van der Waals surface area contributed by atoms with Crippen LogP contribution in [0.2, 0.25) is 0 Å². The Labute approximate surface area is 231 Å². The highest BCUT2D eigenvalue weighted by molar-refractivity contribution is 6.05. The molecule has 3 unspecified atom stereocenters. The maximum Gasteiger partial charge on any atom is 0.253 e. The van der Waals surface area contributed by atoms with Gasteiger partial charge in [-0.1, -0.05) is 19.1 Å². The number of amides is 3. The first-order valence-electron chi connectivity index (χ1n) is 13.6. The number of carbonyl (C=O) groups is 3. The van der Waals surface area contributed by atoms with Gasteiger partial charge >= 0.3 is 0 Å². The molecular weight excluding hydrogens is 498 g/mol. The van der Waals surface area contributed by atoms with Crippen LogP contribution in [-0.4, -0.2) is 90.3 Å². The number of nitrogens with zero attached hydrogens (tertiary/aromatic N) is 3. The number of aliphatic hydroxyl groups is 1. The maximum absolute atomic E-state index is 14.5. The molecule has 9 nitrogen and oxygen atoms in total. The van der Waals surface area contributed by atoms with Crippen molar-refractivity contribution in [2.24, 2.45) is 17.8 Å². The molecular formula is C30H41N3O6. The molecule has 3 amide bonds. The highest BCUT2D eigenvalue weighted by atomic mass is 16.5. The molecule has 3 aliphatic heterocycles. The Balaban J connectivity index is 1.80. The fourth-order valence-corrected chi connectivity index (χ4v) is 6.91. The normalized spacial score (nSPS) is 30.7. The van der Waals surface area contributed by atoms with Crippen LogP contribution in [-0.2, 0) is 19.1 Å². The van der Waals surface area contributed by atoms with Crippen LogP contribution in [0.25, 0.3) is 0 Å². The Bertz CT molecular complexity index is 1120. The molecule has 1 N–H and O–H groups in total. The van der Waals surface area contributed by atoms with Crippen LogP contribution in [0, 0.1) is 17.8 Å².